The van der Waals surface area contributed by atoms with Crippen molar-refractivity contribution < 1.29 is 22.7 Å². The Kier molecular flexibility index (Phi) is 6.71. The molecule has 3 aromatic carbocycles. The summed E-state index contributed by atoms with van der Waals surface area (Å²) in [6, 6.07) is 20.5. The van der Waals surface area contributed by atoms with Crippen LogP contribution in [-0.2, 0) is 10.0 Å². The van der Waals surface area contributed by atoms with E-state index in [1.807, 2.05) is 30.3 Å². The Hall–Kier alpha value is -3.36. The van der Waals surface area contributed by atoms with Crippen LogP contribution in [0.3, 0.4) is 0 Å². The molecule has 0 aromatic heterocycles. The average molecular weight is 426 g/mol. The number of para-hydroxylation sites is 1. The molecule has 0 saturated carbocycles. The standard InChI is InChI=1S/C22H22N2O5S/c1-3-23-30(26,27)21-15-16(9-14-20(21)28-2)22(25)24-17-10-12-19(13-11-17)29-18-7-5-4-6-8-18/h4-15,23H,3H2,1-2H3,(H,24,25). The first-order valence-corrected chi connectivity index (χ1v) is 10.7. The Balaban J connectivity index is 1.76. The fraction of sp³-hybridized carbons (Fsp3) is 0.136. The molecule has 0 bridgehead atoms. The minimum absolute atomic E-state index is 0.0916. The number of ether oxygens (including phenoxy) is 2. The summed E-state index contributed by atoms with van der Waals surface area (Å²) in [5.41, 5.74) is 0.740. The monoisotopic (exact) mass is 426 g/mol. The van der Waals surface area contributed by atoms with E-state index in [0.29, 0.717) is 17.2 Å². The quantitative estimate of drug-likeness (QED) is 0.567. The molecule has 0 saturated heterocycles. The zero-order valence-electron chi connectivity index (χ0n) is 16.6. The molecule has 30 heavy (non-hydrogen) atoms. The van der Waals surface area contributed by atoms with Gasteiger partial charge in [-0.2, -0.15) is 0 Å². The van der Waals surface area contributed by atoms with Gasteiger partial charge in [-0.05, 0) is 54.6 Å². The Bertz CT molecular complexity index is 1110. The molecule has 0 unspecified atom stereocenters. The van der Waals surface area contributed by atoms with Crippen LogP contribution in [0, 0.1) is 0 Å². The van der Waals surface area contributed by atoms with Crippen LogP contribution in [0.25, 0.3) is 0 Å². The number of carbonyl (C=O) groups is 1. The first-order valence-electron chi connectivity index (χ1n) is 9.25. The predicted octanol–water partition coefficient (Wildman–Crippen LogP) is 4.04. The summed E-state index contributed by atoms with van der Waals surface area (Å²) >= 11 is 0. The summed E-state index contributed by atoms with van der Waals surface area (Å²) in [5.74, 6) is 1.06. The highest BCUT2D eigenvalue weighted by atomic mass is 32.2. The fourth-order valence-corrected chi connectivity index (χ4v) is 3.96. The number of hydrogen-bond donors (Lipinski definition) is 2. The lowest BCUT2D eigenvalue weighted by Gasteiger charge is -2.12. The van der Waals surface area contributed by atoms with Crippen molar-refractivity contribution >= 4 is 21.6 Å². The van der Waals surface area contributed by atoms with E-state index in [1.54, 1.807) is 31.2 Å². The molecular weight excluding hydrogens is 404 g/mol. The van der Waals surface area contributed by atoms with Gasteiger partial charge < -0.3 is 14.8 Å². The van der Waals surface area contributed by atoms with Gasteiger partial charge in [-0.25, -0.2) is 13.1 Å². The summed E-state index contributed by atoms with van der Waals surface area (Å²) in [5, 5.41) is 2.75. The number of methoxy groups -OCH3 is 1. The van der Waals surface area contributed by atoms with Crippen molar-refractivity contribution in [3.8, 4) is 17.2 Å². The second kappa shape index (κ2) is 9.43. The van der Waals surface area contributed by atoms with E-state index < -0.39 is 15.9 Å². The van der Waals surface area contributed by atoms with Crippen LogP contribution in [0.5, 0.6) is 17.2 Å². The minimum atomic E-state index is -3.79. The summed E-state index contributed by atoms with van der Waals surface area (Å²) in [4.78, 5) is 12.5. The van der Waals surface area contributed by atoms with E-state index in [-0.39, 0.29) is 22.8 Å². The Labute approximate surface area is 175 Å². The lowest BCUT2D eigenvalue weighted by molar-refractivity contribution is 0.102. The number of sulfonamides is 1. The van der Waals surface area contributed by atoms with Crippen molar-refractivity contribution in [3.63, 3.8) is 0 Å². The highest BCUT2D eigenvalue weighted by Crippen LogP contribution is 2.26. The molecule has 7 nitrogen and oxygen atoms in total. The molecular formula is C22H22N2O5S. The number of hydrogen-bond acceptors (Lipinski definition) is 5. The normalized spacial score (nSPS) is 11.0. The number of amides is 1. The van der Waals surface area contributed by atoms with Gasteiger partial charge in [0, 0.05) is 17.8 Å². The Morgan fingerprint density at radius 2 is 1.60 bits per heavy atom. The third kappa shape index (κ3) is 5.16. The molecule has 0 heterocycles. The molecule has 0 radical (unpaired) electrons. The SMILES string of the molecule is CCNS(=O)(=O)c1cc(C(=O)Nc2ccc(Oc3ccccc3)cc2)ccc1OC. The molecule has 0 spiro atoms. The molecule has 0 fully saturated rings. The molecule has 0 aliphatic carbocycles. The van der Waals surface area contributed by atoms with E-state index >= 15 is 0 Å². The number of carbonyl (C=O) groups excluding carboxylic acids is 1. The van der Waals surface area contributed by atoms with Crippen LogP contribution in [0.1, 0.15) is 17.3 Å². The highest BCUT2D eigenvalue weighted by molar-refractivity contribution is 7.89. The second-order valence-electron chi connectivity index (χ2n) is 6.26. The first kappa shape index (κ1) is 21.4. The lowest BCUT2D eigenvalue weighted by Crippen LogP contribution is -2.24. The van der Waals surface area contributed by atoms with Crippen LogP contribution in [0.4, 0.5) is 5.69 Å². The maximum absolute atomic E-state index is 12.6. The molecule has 0 aliphatic heterocycles. The van der Waals surface area contributed by atoms with Gasteiger partial charge in [-0.15, -0.1) is 0 Å². The third-order valence-corrected chi connectivity index (χ3v) is 5.71. The molecule has 2 N–H and O–H groups in total. The van der Waals surface area contributed by atoms with Gasteiger partial charge >= 0.3 is 0 Å². The number of nitrogens with one attached hydrogen (secondary N) is 2. The van der Waals surface area contributed by atoms with Crippen LogP contribution in [0.15, 0.2) is 77.7 Å². The smallest absolute Gasteiger partial charge is 0.255 e. The topological polar surface area (TPSA) is 93.7 Å². The van der Waals surface area contributed by atoms with E-state index in [2.05, 4.69) is 10.0 Å². The summed E-state index contributed by atoms with van der Waals surface area (Å²) in [7, 11) is -2.41. The Morgan fingerprint density at radius 3 is 2.23 bits per heavy atom. The van der Waals surface area contributed by atoms with Crippen LogP contribution < -0.4 is 19.5 Å². The van der Waals surface area contributed by atoms with Crippen molar-refractivity contribution in [2.75, 3.05) is 19.0 Å². The van der Waals surface area contributed by atoms with E-state index in [4.69, 9.17) is 9.47 Å². The summed E-state index contributed by atoms with van der Waals surface area (Å²) in [6.07, 6.45) is 0. The fourth-order valence-electron chi connectivity index (χ4n) is 2.73. The van der Waals surface area contributed by atoms with Gasteiger partial charge in [0.15, 0.2) is 0 Å². The van der Waals surface area contributed by atoms with Gasteiger partial charge in [-0.1, -0.05) is 25.1 Å². The molecule has 0 atom stereocenters. The van der Waals surface area contributed by atoms with Crippen molar-refractivity contribution in [2.24, 2.45) is 0 Å². The lowest BCUT2D eigenvalue weighted by atomic mass is 10.2. The largest absolute Gasteiger partial charge is 0.495 e. The van der Waals surface area contributed by atoms with Crippen LogP contribution >= 0.6 is 0 Å². The summed E-state index contributed by atoms with van der Waals surface area (Å²) in [6.45, 7) is 1.89. The predicted molar refractivity (Wildman–Crippen MR) is 115 cm³/mol. The van der Waals surface area contributed by atoms with Crippen molar-refractivity contribution in [2.45, 2.75) is 11.8 Å². The van der Waals surface area contributed by atoms with Gasteiger partial charge in [0.2, 0.25) is 10.0 Å². The van der Waals surface area contributed by atoms with E-state index in [9.17, 15) is 13.2 Å². The van der Waals surface area contributed by atoms with E-state index in [1.165, 1.54) is 25.3 Å². The molecule has 156 valence electrons. The maximum Gasteiger partial charge on any atom is 0.255 e. The Morgan fingerprint density at radius 1 is 0.933 bits per heavy atom. The number of rotatable bonds is 8. The maximum atomic E-state index is 12.6. The zero-order chi connectivity index (χ0) is 21.6. The van der Waals surface area contributed by atoms with Crippen molar-refractivity contribution in [1.82, 2.24) is 4.72 Å². The van der Waals surface area contributed by atoms with Crippen LogP contribution in [-0.4, -0.2) is 28.0 Å². The van der Waals surface area contributed by atoms with Gasteiger partial charge in [-0.3, -0.25) is 4.79 Å². The zero-order valence-corrected chi connectivity index (χ0v) is 17.4. The van der Waals surface area contributed by atoms with Crippen LogP contribution in [0.2, 0.25) is 0 Å². The van der Waals surface area contributed by atoms with E-state index in [0.717, 1.165) is 0 Å². The van der Waals surface area contributed by atoms with Crippen molar-refractivity contribution in [1.29, 1.82) is 0 Å². The highest BCUT2D eigenvalue weighted by Gasteiger charge is 2.21. The van der Waals surface area contributed by atoms with Gasteiger partial charge in [0.25, 0.3) is 5.91 Å². The second-order valence-corrected chi connectivity index (χ2v) is 8.00. The summed E-state index contributed by atoms with van der Waals surface area (Å²) < 4.78 is 38.0. The molecule has 8 heteroatoms. The average Bonchev–Trinajstić information content (AvgIpc) is 2.75. The number of benzene rings is 3. The molecule has 1 amide bonds. The van der Waals surface area contributed by atoms with Gasteiger partial charge in [0.1, 0.15) is 22.1 Å². The molecule has 3 rings (SSSR count). The molecule has 0 aliphatic rings. The number of anilines is 1. The minimum Gasteiger partial charge on any atom is -0.495 e. The van der Waals surface area contributed by atoms with Gasteiger partial charge in [0.05, 0.1) is 7.11 Å². The first-order chi connectivity index (χ1) is 14.4. The molecule has 3 aromatic rings. The third-order valence-electron chi connectivity index (χ3n) is 4.14. The van der Waals surface area contributed by atoms with Crippen molar-refractivity contribution in [3.05, 3.63) is 78.4 Å².